The van der Waals surface area contributed by atoms with Crippen molar-refractivity contribution in [3.05, 3.63) is 33.6 Å². The van der Waals surface area contributed by atoms with Crippen molar-refractivity contribution in [1.82, 2.24) is 25.3 Å². The lowest BCUT2D eigenvalue weighted by Gasteiger charge is -2.36. The van der Waals surface area contributed by atoms with Gasteiger partial charge in [-0.15, -0.1) is 35.3 Å². The molecular weight excluding hydrogens is 463 g/mol. The van der Waals surface area contributed by atoms with E-state index in [9.17, 15) is 0 Å². The Kier molecular flexibility index (Phi) is 8.29. The minimum absolute atomic E-state index is 0. The Morgan fingerprint density at radius 1 is 1.35 bits per heavy atom. The van der Waals surface area contributed by atoms with Crippen LogP contribution in [0, 0.1) is 6.92 Å². The van der Waals surface area contributed by atoms with E-state index in [4.69, 9.17) is 4.52 Å². The number of halogens is 1. The smallest absolute Gasteiger partial charge is 0.194 e. The summed E-state index contributed by atoms with van der Waals surface area (Å²) in [5.41, 5.74) is 1.00. The first-order chi connectivity index (χ1) is 12.2. The molecule has 0 unspecified atom stereocenters. The molecule has 0 atom stereocenters. The van der Waals surface area contributed by atoms with Gasteiger partial charge in [-0.05, 0) is 13.3 Å². The first-order valence-corrected chi connectivity index (χ1v) is 9.53. The lowest BCUT2D eigenvalue weighted by Crippen LogP contribution is -2.52. The predicted molar refractivity (Wildman–Crippen MR) is 115 cm³/mol. The Balaban J connectivity index is 0.00000243. The molecule has 0 aromatic carbocycles. The second-order valence-corrected chi connectivity index (χ2v) is 7.37. The quantitative estimate of drug-likeness (QED) is 0.395. The maximum Gasteiger partial charge on any atom is 0.194 e. The highest BCUT2D eigenvalue weighted by Crippen LogP contribution is 2.13. The van der Waals surface area contributed by atoms with E-state index in [0.717, 1.165) is 68.1 Å². The van der Waals surface area contributed by atoms with Gasteiger partial charge in [-0.3, -0.25) is 9.89 Å². The maximum atomic E-state index is 5.15. The first-order valence-electron chi connectivity index (χ1n) is 8.71. The highest BCUT2D eigenvalue weighted by molar-refractivity contribution is 14.0. The minimum Gasteiger partial charge on any atom is -0.361 e. The van der Waals surface area contributed by atoms with E-state index in [0.29, 0.717) is 0 Å². The van der Waals surface area contributed by atoms with Crippen LogP contribution in [0.15, 0.2) is 21.8 Å². The van der Waals surface area contributed by atoms with Gasteiger partial charge in [0.2, 0.25) is 0 Å². The van der Waals surface area contributed by atoms with Crippen LogP contribution in [0.4, 0.5) is 0 Å². The number of nitrogens with one attached hydrogen (secondary N) is 1. The topological polar surface area (TPSA) is 69.8 Å². The molecule has 0 spiro atoms. The van der Waals surface area contributed by atoms with E-state index < -0.39 is 0 Å². The van der Waals surface area contributed by atoms with Crippen LogP contribution in [0.25, 0.3) is 0 Å². The van der Waals surface area contributed by atoms with Crippen LogP contribution >= 0.6 is 35.3 Å². The minimum atomic E-state index is 0. The summed E-state index contributed by atoms with van der Waals surface area (Å²) in [7, 11) is 1.84. The maximum absolute atomic E-state index is 5.15. The van der Waals surface area contributed by atoms with Gasteiger partial charge in [0.25, 0.3) is 0 Å². The molecule has 144 valence electrons. The lowest BCUT2D eigenvalue weighted by molar-refractivity contribution is 0.169. The van der Waals surface area contributed by atoms with Crippen LogP contribution < -0.4 is 5.32 Å². The van der Waals surface area contributed by atoms with Gasteiger partial charge in [-0.25, -0.2) is 4.98 Å². The number of thiazole rings is 1. The number of piperazine rings is 1. The molecule has 7 nitrogen and oxygen atoms in total. The fourth-order valence-electron chi connectivity index (χ4n) is 2.92. The number of aliphatic imine (C=N–C) groups is 1. The van der Waals surface area contributed by atoms with E-state index in [-0.39, 0.29) is 24.0 Å². The van der Waals surface area contributed by atoms with Crippen LogP contribution in [-0.2, 0) is 19.5 Å². The van der Waals surface area contributed by atoms with Crippen molar-refractivity contribution in [2.75, 3.05) is 33.2 Å². The Morgan fingerprint density at radius 2 is 2.12 bits per heavy atom. The van der Waals surface area contributed by atoms with E-state index >= 15 is 0 Å². The average Bonchev–Trinajstić information content (AvgIpc) is 3.25. The van der Waals surface area contributed by atoms with Crippen molar-refractivity contribution in [3.8, 4) is 0 Å². The first kappa shape index (κ1) is 21.1. The van der Waals surface area contributed by atoms with Crippen molar-refractivity contribution in [1.29, 1.82) is 0 Å². The standard InChI is InChI=1S/C17H26N6OS.HI/c1-4-15-10-19-16(25-15)11-20-17(18-3)23-7-5-22(6-8-23)12-14-9-13(2)24-21-14;/h9-10H,4-8,11-12H2,1-3H3,(H,18,20);1H. The third-order valence-electron chi connectivity index (χ3n) is 4.29. The lowest BCUT2D eigenvalue weighted by atomic mass is 10.3. The molecule has 2 aromatic rings. The van der Waals surface area contributed by atoms with Crippen LogP contribution in [0.2, 0.25) is 0 Å². The van der Waals surface area contributed by atoms with Gasteiger partial charge >= 0.3 is 0 Å². The van der Waals surface area contributed by atoms with E-state index in [2.05, 4.69) is 37.2 Å². The molecule has 9 heteroatoms. The number of aromatic nitrogens is 2. The third-order valence-corrected chi connectivity index (χ3v) is 5.44. The van der Waals surface area contributed by atoms with Crippen molar-refractivity contribution < 1.29 is 4.52 Å². The SMILES string of the molecule is CCc1cnc(CNC(=NC)N2CCN(Cc3cc(C)on3)CC2)s1.I. The molecule has 26 heavy (non-hydrogen) atoms. The fraction of sp³-hybridized carbons (Fsp3) is 0.588. The summed E-state index contributed by atoms with van der Waals surface area (Å²) in [6.07, 6.45) is 3.01. The zero-order valence-electron chi connectivity index (χ0n) is 15.6. The average molecular weight is 490 g/mol. The van der Waals surface area contributed by atoms with Crippen LogP contribution in [-0.4, -0.2) is 59.1 Å². The van der Waals surface area contributed by atoms with Crippen LogP contribution in [0.3, 0.4) is 0 Å². The monoisotopic (exact) mass is 490 g/mol. The molecule has 2 aromatic heterocycles. The number of aryl methyl sites for hydroxylation is 2. The number of rotatable bonds is 5. The number of hydrogen-bond donors (Lipinski definition) is 1. The number of nitrogens with zero attached hydrogens (tertiary/aromatic N) is 5. The molecule has 1 saturated heterocycles. The van der Waals surface area contributed by atoms with Crippen molar-refractivity contribution in [2.45, 2.75) is 33.4 Å². The summed E-state index contributed by atoms with van der Waals surface area (Å²) in [6.45, 7) is 9.54. The summed E-state index contributed by atoms with van der Waals surface area (Å²) in [4.78, 5) is 14.9. The molecule has 0 amide bonds. The Labute approximate surface area is 175 Å². The summed E-state index contributed by atoms with van der Waals surface area (Å²) >= 11 is 1.76. The zero-order valence-corrected chi connectivity index (χ0v) is 18.7. The zero-order chi connectivity index (χ0) is 17.6. The van der Waals surface area contributed by atoms with E-state index in [1.54, 1.807) is 11.3 Å². The normalized spacial score (nSPS) is 15.8. The second-order valence-electron chi connectivity index (χ2n) is 6.17. The van der Waals surface area contributed by atoms with Gasteiger partial charge < -0.3 is 14.7 Å². The summed E-state index contributed by atoms with van der Waals surface area (Å²) < 4.78 is 5.15. The molecule has 0 saturated carbocycles. The van der Waals surface area contributed by atoms with Gasteiger partial charge in [0.05, 0.1) is 12.2 Å². The summed E-state index contributed by atoms with van der Waals surface area (Å²) in [5, 5.41) is 8.63. The van der Waals surface area contributed by atoms with Crippen molar-refractivity contribution in [3.63, 3.8) is 0 Å². The molecule has 0 bridgehead atoms. The van der Waals surface area contributed by atoms with Gasteiger partial charge in [0, 0.05) is 56.9 Å². The molecule has 1 N–H and O–H groups in total. The van der Waals surface area contributed by atoms with Gasteiger partial charge in [0.15, 0.2) is 5.96 Å². The molecule has 1 fully saturated rings. The van der Waals surface area contributed by atoms with E-state index in [1.807, 2.05) is 26.2 Å². The van der Waals surface area contributed by atoms with Gasteiger partial charge in [-0.1, -0.05) is 12.1 Å². The highest BCUT2D eigenvalue weighted by Gasteiger charge is 2.20. The molecule has 1 aliphatic rings. The summed E-state index contributed by atoms with van der Waals surface area (Å²) in [6, 6.07) is 2.01. The second kappa shape index (κ2) is 10.2. The third kappa shape index (κ3) is 5.65. The fourth-order valence-corrected chi connectivity index (χ4v) is 3.72. The van der Waals surface area contributed by atoms with Crippen molar-refractivity contribution >= 4 is 41.3 Å². The molecule has 0 radical (unpaired) electrons. The van der Waals surface area contributed by atoms with Crippen LogP contribution in [0.1, 0.15) is 28.3 Å². The molecule has 0 aliphatic carbocycles. The largest absolute Gasteiger partial charge is 0.361 e. The van der Waals surface area contributed by atoms with Gasteiger partial charge in [0.1, 0.15) is 10.8 Å². The molecular formula is C17H27IN6OS. The Bertz CT molecular complexity index is 708. The number of hydrogen-bond acceptors (Lipinski definition) is 6. The predicted octanol–water partition coefficient (Wildman–Crippen LogP) is 2.51. The van der Waals surface area contributed by atoms with Crippen LogP contribution in [0.5, 0.6) is 0 Å². The molecule has 3 rings (SSSR count). The molecule has 1 aliphatic heterocycles. The highest BCUT2D eigenvalue weighted by atomic mass is 127. The van der Waals surface area contributed by atoms with Gasteiger partial charge in [-0.2, -0.15) is 0 Å². The number of guanidine groups is 1. The Morgan fingerprint density at radius 3 is 2.69 bits per heavy atom. The van der Waals surface area contributed by atoms with E-state index in [1.165, 1.54) is 4.88 Å². The Hall–Kier alpha value is -1.20. The molecule has 3 heterocycles. The summed E-state index contributed by atoms with van der Waals surface area (Å²) in [5.74, 6) is 1.82. The van der Waals surface area contributed by atoms with Crippen molar-refractivity contribution in [2.24, 2.45) is 4.99 Å².